The molecule has 5 nitrogen and oxygen atoms in total. The quantitative estimate of drug-likeness (QED) is 0.934. The molecule has 0 aliphatic carbocycles. The molecule has 1 aromatic heterocycles. The van der Waals surface area contributed by atoms with Crippen molar-refractivity contribution in [1.82, 2.24) is 15.2 Å². The standard InChI is InChI=1S/C19H23N3O2/c1-20-19(23)9-16-8-14-10-22(12-18(14)24-16)11-15-7-6-13-4-2-3-5-17(13)21-15/h2-7,14,16,18H,8-12H2,1H3,(H,20,23)/t14-,16+,18+/m0/s1. The fourth-order valence-corrected chi connectivity index (χ4v) is 3.94. The summed E-state index contributed by atoms with van der Waals surface area (Å²) in [6.07, 6.45) is 1.82. The lowest BCUT2D eigenvalue weighted by Gasteiger charge is -2.18. The number of para-hydroxylation sites is 1. The van der Waals surface area contributed by atoms with Gasteiger partial charge in [-0.3, -0.25) is 14.7 Å². The summed E-state index contributed by atoms with van der Waals surface area (Å²) >= 11 is 0. The van der Waals surface area contributed by atoms with Gasteiger partial charge in [-0.1, -0.05) is 24.3 Å². The highest BCUT2D eigenvalue weighted by Gasteiger charge is 2.42. The molecule has 126 valence electrons. The van der Waals surface area contributed by atoms with Gasteiger partial charge < -0.3 is 10.1 Å². The van der Waals surface area contributed by atoms with Gasteiger partial charge in [-0.05, 0) is 18.6 Å². The van der Waals surface area contributed by atoms with E-state index >= 15 is 0 Å². The Morgan fingerprint density at radius 2 is 2.17 bits per heavy atom. The maximum Gasteiger partial charge on any atom is 0.222 e. The van der Waals surface area contributed by atoms with E-state index in [2.05, 4.69) is 34.5 Å². The number of carbonyl (C=O) groups is 1. The summed E-state index contributed by atoms with van der Waals surface area (Å²) < 4.78 is 6.07. The SMILES string of the molecule is CNC(=O)C[C@H]1C[C@H]2CN(Cc3ccc4ccccc4n3)C[C@H]2O1. The first-order valence-corrected chi connectivity index (χ1v) is 8.64. The van der Waals surface area contributed by atoms with Crippen LogP contribution in [0.4, 0.5) is 0 Å². The topological polar surface area (TPSA) is 54.5 Å². The van der Waals surface area contributed by atoms with Crippen LogP contribution in [0, 0.1) is 5.92 Å². The van der Waals surface area contributed by atoms with Crippen LogP contribution in [0.1, 0.15) is 18.5 Å². The van der Waals surface area contributed by atoms with Crippen molar-refractivity contribution in [2.75, 3.05) is 20.1 Å². The van der Waals surface area contributed by atoms with Gasteiger partial charge in [0.25, 0.3) is 0 Å². The van der Waals surface area contributed by atoms with Crippen molar-refractivity contribution < 1.29 is 9.53 Å². The number of nitrogens with one attached hydrogen (secondary N) is 1. The Labute approximate surface area is 142 Å². The van der Waals surface area contributed by atoms with Crippen molar-refractivity contribution in [2.24, 2.45) is 5.92 Å². The van der Waals surface area contributed by atoms with Crippen molar-refractivity contribution in [3.63, 3.8) is 0 Å². The number of benzene rings is 1. The van der Waals surface area contributed by atoms with Crippen molar-refractivity contribution in [1.29, 1.82) is 0 Å². The Hall–Kier alpha value is -1.98. The smallest absolute Gasteiger partial charge is 0.222 e. The molecule has 0 radical (unpaired) electrons. The van der Waals surface area contributed by atoms with Gasteiger partial charge in [0.15, 0.2) is 0 Å². The van der Waals surface area contributed by atoms with Gasteiger partial charge >= 0.3 is 0 Å². The maximum atomic E-state index is 11.5. The largest absolute Gasteiger partial charge is 0.373 e. The second kappa shape index (κ2) is 6.49. The number of hydrogen-bond acceptors (Lipinski definition) is 4. The number of rotatable bonds is 4. The molecule has 2 saturated heterocycles. The lowest BCUT2D eigenvalue weighted by atomic mass is 10.0. The predicted molar refractivity (Wildman–Crippen MR) is 92.5 cm³/mol. The predicted octanol–water partition coefficient (Wildman–Crippen LogP) is 1.96. The van der Waals surface area contributed by atoms with E-state index in [0.29, 0.717) is 12.3 Å². The molecule has 1 N–H and O–H groups in total. The summed E-state index contributed by atoms with van der Waals surface area (Å²) in [6.45, 7) is 2.83. The second-order valence-corrected chi connectivity index (χ2v) is 6.86. The summed E-state index contributed by atoms with van der Waals surface area (Å²) in [5, 5.41) is 3.86. The number of carbonyl (C=O) groups excluding carboxylic acids is 1. The van der Waals surface area contributed by atoms with Crippen molar-refractivity contribution in [3.8, 4) is 0 Å². The van der Waals surface area contributed by atoms with Gasteiger partial charge in [0.2, 0.25) is 5.91 Å². The molecule has 0 saturated carbocycles. The van der Waals surface area contributed by atoms with Crippen molar-refractivity contribution in [2.45, 2.75) is 31.6 Å². The van der Waals surface area contributed by atoms with Gasteiger partial charge in [-0.25, -0.2) is 0 Å². The zero-order valence-corrected chi connectivity index (χ0v) is 13.9. The molecule has 3 atom stereocenters. The van der Waals surface area contributed by atoms with Crippen molar-refractivity contribution >= 4 is 16.8 Å². The van der Waals surface area contributed by atoms with Gasteiger partial charge in [0, 0.05) is 38.0 Å². The first kappa shape index (κ1) is 15.5. The first-order chi connectivity index (χ1) is 11.7. The normalized spacial score (nSPS) is 26.6. The second-order valence-electron chi connectivity index (χ2n) is 6.86. The van der Waals surface area contributed by atoms with Gasteiger partial charge in [0.05, 0.1) is 29.8 Å². The summed E-state index contributed by atoms with van der Waals surface area (Å²) in [5.41, 5.74) is 2.16. The van der Waals surface area contributed by atoms with E-state index in [0.717, 1.165) is 37.3 Å². The molecule has 0 unspecified atom stereocenters. The number of likely N-dealkylation sites (tertiary alicyclic amines) is 1. The molecular formula is C19H23N3O2. The van der Waals surface area contributed by atoms with Crippen LogP contribution >= 0.6 is 0 Å². The van der Waals surface area contributed by atoms with Crippen LogP contribution < -0.4 is 5.32 Å². The molecule has 0 spiro atoms. The van der Waals surface area contributed by atoms with Crippen LogP contribution in [0.2, 0.25) is 0 Å². The summed E-state index contributed by atoms with van der Waals surface area (Å²) in [7, 11) is 1.68. The highest BCUT2D eigenvalue weighted by molar-refractivity contribution is 5.78. The molecule has 1 amide bonds. The number of amides is 1. The van der Waals surface area contributed by atoms with Crippen LogP contribution in [0.3, 0.4) is 0 Å². The molecule has 1 aromatic carbocycles. The Morgan fingerprint density at radius 3 is 3.00 bits per heavy atom. The summed E-state index contributed by atoms with van der Waals surface area (Å²) in [5.74, 6) is 0.609. The molecule has 24 heavy (non-hydrogen) atoms. The monoisotopic (exact) mass is 325 g/mol. The number of ether oxygens (including phenoxy) is 1. The van der Waals surface area contributed by atoms with Gasteiger partial charge in [-0.15, -0.1) is 0 Å². The minimum atomic E-state index is 0.0668. The van der Waals surface area contributed by atoms with Crippen LogP contribution in [0.15, 0.2) is 36.4 Å². The number of hydrogen-bond donors (Lipinski definition) is 1. The fraction of sp³-hybridized carbons (Fsp3) is 0.474. The van der Waals surface area contributed by atoms with E-state index in [1.165, 1.54) is 5.39 Å². The Kier molecular flexibility index (Phi) is 4.21. The molecule has 2 aromatic rings. The van der Waals surface area contributed by atoms with E-state index in [1.807, 2.05) is 12.1 Å². The zero-order valence-electron chi connectivity index (χ0n) is 13.9. The highest BCUT2D eigenvalue weighted by Crippen LogP contribution is 2.34. The molecule has 0 bridgehead atoms. The third-order valence-corrected chi connectivity index (χ3v) is 5.12. The molecule has 2 aliphatic rings. The van der Waals surface area contributed by atoms with Crippen LogP contribution in [-0.4, -0.2) is 48.1 Å². The highest BCUT2D eigenvalue weighted by atomic mass is 16.5. The summed E-state index contributed by atoms with van der Waals surface area (Å²) in [6, 6.07) is 12.5. The molecular weight excluding hydrogens is 302 g/mol. The molecule has 4 rings (SSSR count). The first-order valence-electron chi connectivity index (χ1n) is 8.64. The van der Waals surface area contributed by atoms with E-state index in [1.54, 1.807) is 7.05 Å². The average Bonchev–Trinajstić information content (AvgIpc) is 3.12. The van der Waals surface area contributed by atoms with E-state index in [4.69, 9.17) is 9.72 Å². The van der Waals surface area contributed by atoms with Gasteiger partial charge in [-0.2, -0.15) is 0 Å². The van der Waals surface area contributed by atoms with Gasteiger partial charge in [0.1, 0.15) is 0 Å². The number of nitrogens with zero attached hydrogens (tertiary/aromatic N) is 2. The third-order valence-electron chi connectivity index (χ3n) is 5.12. The Bertz CT molecular complexity index is 734. The minimum absolute atomic E-state index is 0.0668. The molecule has 3 heterocycles. The average molecular weight is 325 g/mol. The fourth-order valence-electron chi connectivity index (χ4n) is 3.94. The molecule has 2 aliphatic heterocycles. The lowest BCUT2D eigenvalue weighted by molar-refractivity contribution is -0.123. The Balaban J connectivity index is 1.36. The summed E-state index contributed by atoms with van der Waals surface area (Å²) in [4.78, 5) is 18.7. The van der Waals surface area contributed by atoms with Crippen LogP contribution in [-0.2, 0) is 16.1 Å². The third kappa shape index (κ3) is 3.14. The van der Waals surface area contributed by atoms with Crippen LogP contribution in [0.25, 0.3) is 10.9 Å². The molecule has 5 heteroatoms. The zero-order chi connectivity index (χ0) is 16.5. The van der Waals surface area contributed by atoms with Crippen LogP contribution in [0.5, 0.6) is 0 Å². The number of fused-ring (bicyclic) bond motifs is 2. The number of aromatic nitrogens is 1. The maximum absolute atomic E-state index is 11.5. The molecule has 2 fully saturated rings. The number of pyridine rings is 1. The van der Waals surface area contributed by atoms with E-state index in [9.17, 15) is 4.79 Å². The van der Waals surface area contributed by atoms with E-state index < -0.39 is 0 Å². The Morgan fingerprint density at radius 1 is 1.29 bits per heavy atom. The lowest BCUT2D eigenvalue weighted by Crippen LogP contribution is -2.28. The van der Waals surface area contributed by atoms with Crippen molar-refractivity contribution in [3.05, 3.63) is 42.1 Å². The minimum Gasteiger partial charge on any atom is -0.373 e. The van der Waals surface area contributed by atoms with E-state index in [-0.39, 0.29) is 18.1 Å².